The van der Waals surface area contributed by atoms with Crippen LogP contribution in [-0.4, -0.2) is 18.0 Å². The zero-order chi connectivity index (χ0) is 21.7. The second-order valence-electron chi connectivity index (χ2n) is 11.3. The second kappa shape index (κ2) is 7.98. The number of esters is 1. The molecule has 3 fully saturated rings. The summed E-state index contributed by atoms with van der Waals surface area (Å²) in [6.45, 7) is 8.78. The number of fused-ring (bicyclic) bond motifs is 5. The van der Waals surface area contributed by atoms with Gasteiger partial charge in [-0.3, -0.25) is 4.79 Å². The van der Waals surface area contributed by atoms with E-state index in [-0.39, 0.29) is 23.9 Å². The molecule has 4 heteroatoms. The first kappa shape index (κ1) is 21.9. The van der Waals surface area contributed by atoms with Crippen LogP contribution in [0.5, 0.6) is 0 Å². The third-order valence-electron chi connectivity index (χ3n) is 9.96. The Hall–Kier alpha value is -1.32. The maximum Gasteiger partial charge on any atom is 0.302 e. The summed E-state index contributed by atoms with van der Waals surface area (Å²) < 4.78 is 5.56. The van der Waals surface area contributed by atoms with Crippen molar-refractivity contribution >= 4 is 11.9 Å². The Kier molecular flexibility index (Phi) is 5.83. The molecular weight excluding hydrogens is 376 g/mol. The van der Waals surface area contributed by atoms with Crippen LogP contribution in [0.3, 0.4) is 0 Å². The summed E-state index contributed by atoms with van der Waals surface area (Å²) in [5, 5.41) is 11.0. The summed E-state index contributed by atoms with van der Waals surface area (Å²) in [4.78, 5) is 22.4. The molecule has 30 heavy (non-hydrogen) atoms. The lowest BCUT2D eigenvalue weighted by molar-refractivity contribution is -0.306. The molecule has 4 aliphatic carbocycles. The van der Waals surface area contributed by atoms with Crippen molar-refractivity contribution in [2.24, 2.45) is 40.4 Å². The minimum atomic E-state index is -0.910. The number of ether oxygens (including phenoxy) is 1. The van der Waals surface area contributed by atoms with Gasteiger partial charge in [0.05, 0.1) is 0 Å². The molecule has 3 saturated carbocycles. The number of carboxylic acid groups (broad SMARTS) is 1. The van der Waals surface area contributed by atoms with Gasteiger partial charge in [-0.2, -0.15) is 0 Å². The normalized spacial score (nSPS) is 43.6. The molecule has 4 rings (SSSR count). The molecule has 0 saturated heterocycles. The Morgan fingerprint density at radius 1 is 1.17 bits per heavy atom. The molecular formula is C26H39O4-. The van der Waals surface area contributed by atoms with Crippen molar-refractivity contribution in [3.63, 3.8) is 0 Å². The maximum atomic E-state index is 11.4. The van der Waals surface area contributed by atoms with E-state index in [2.05, 4.69) is 26.8 Å². The van der Waals surface area contributed by atoms with Crippen molar-refractivity contribution < 1.29 is 19.4 Å². The van der Waals surface area contributed by atoms with E-state index in [1.807, 2.05) is 0 Å². The average Bonchev–Trinajstić information content (AvgIpc) is 3.03. The first-order valence-electron chi connectivity index (χ1n) is 12.2. The van der Waals surface area contributed by atoms with Crippen LogP contribution in [0.1, 0.15) is 91.9 Å². The number of allylic oxidation sites excluding steroid dienone is 1. The number of rotatable bonds is 5. The van der Waals surface area contributed by atoms with Gasteiger partial charge >= 0.3 is 5.97 Å². The fourth-order valence-corrected chi connectivity index (χ4v) is 8.48. The minimum absolute atomic E-state index is 0.0627. The maximum absolute atomic E-state index is 11.4. The summed E-state index contributed by atoms with van der Waals surface area (Å²) in [5.74, 6) is 2.28. The lowest BCUT2D eigenvalue weighted by Crippen LogP contribution is -2.51. The molecule has 0 spiro atoms. The Labute approximate surface area is 181 Å². The van der Waals surface area contributed by atoms with Gasteiger partial charge in [0.15, 0.2) is 0 Å². The van der Waals surface area contributed by atoms with E-state index in [1.165, 1.54) is 39.0 Å². The van der Waals surface area contributed by atoms with E-state index in [4.69, 9.17) is 4.74 Å². The van der Waals surface area contributed by atoms with E-state index >= 15 is 0 Å². The average molecular weight is 416 g/mol. The summed E-state index contributed by atoms with van der Waals surface area (Å²) in [6.07, 6.45) is 12.8. The highest BCUT2D eigenvalue weighted by atomic mass is 16.5. The molecule has 0 aromatic heterocycles. The second-order valence-corrected chi connectivity index (χ2v) is 11.3. The number of hydrogen-bond acceptors (Lipinski definition) is 4. The quantitative estimate of drug-likeness (QED) is 0.484. The van der Waals surface area contributed by atoms with Gasteiger partial charge in [-0.25, -0.2) is 0 Å². The van der Waals surface area contributed by atoms with Gasteiger partial charge in [-0.1, -0.05) is 32.4 Å². The molecule has 0 amide bonds. The first-order chi connectivity index (χ1) is 14.1. The van der Waals surface area contributed by atoms with Crippen LogP contribution in [0.2, 0.25) is 0 Å². The van der Waals surface area contributed by atoms with Crippen LogP contribution in [0.15, 0.2) is 11.6 Å². The zero-order valence-corrected chi connectivity index (χ0v) is 19.2. The summed E-state index contributed by atoms with van der Waals surface area (Å²) in [5.41, 5.74) is 2.16. The fraction of sp³-hybridized carbons (Fsp3) is 0.846. The van der Waals surface area contributed by atoms with Crippen molar-refractivity contribution in [2.75, 3.05) is 0 Å². The van der Waals surface area contributed by atoms with Gasteiger partial charge in [-0.05, 0) is 98.2 Å². The fourth-order valence-electron chi connectivity index (χ4n) is 8.48. The molecule has 0 aromatic carbocycles. The minimum Gasteiger partial charge on any atom is -0.550 e. The number of carbonyl (C=O) groups excluding carboxylic acids is 2. The third kappa shape index (κ3) is 3.62. The topological polar surface area (TPSA) is 66.4 Å². The van der Waals surface area contributed by atoms with Gasteiger partial charge in [0.25, 0.3) is 0 Å². The smallest absolute Gasteiger partial charge is 0.302 e. The third-order valence-corrected chi connectivity index (χ3v) is 9.96. The highest BCUT2D eigenvalue weighted by Gasteiger charge is 2.59. The zero-order valence-electron chi connectivity index (χ0n) is 19.2. The van der Waals surface area contributed by atoms with E-state index in [0.29, 0.717) is 17.3 Å². The molecule has 168 valence electrons. The highest BCUT2D eigenvalue weighted by molar-refractivity contribution is 5.66. The van der Waals surface area contributed by atoms with Crippen LogP contribution >= 0.6 is 0 Å². The summed E-state index contributed by atoms with van der Waals surface area (Å²) >= 11 is 0. The SMILES string of the molecule is CC(=O)O[C@@H]1CC[C@@]2(C)C(=CC[C@H]3[C@@H]4CC[C@H]([C@H](C)CCC(=O)[O-])[C@@]4(C)CC[C@@H]32)C1. The van der Waals surface area contributed by atoms with E-state index in [1.54, 1.807) is 5.57 Å². The van der Waals surface area contributed by atoms with Gasteiger partial charge in [0.1, 0.15) is 6.10 Å². The van der Waals surface area contributed by atoms with Crippen LogP contribution in [-0.2, 0) is 14.3 Å². The number of aliphatic carboxylic acids is 1. The monoisotopic (exact) mass is 415 g/mol. The Morgan fingerprint density at radius 3 is 2.63 bits per heavy atom. The first-order valence-corrected chi connectivity index (χ1v) is 12.2. The predicted molar refractivity (Wildman–Crippen MR) is 114 cm³/mol. The largest absolute Gasteiger partial charge is 0.550 e. The van der Waals surface area contributed by atoms with Crippen LogP contribution in [0.4, 0.5) is 0 Å². The lowest BCUT2D eigenvalue weighted by atomic mass is 9.47. The summed E-state index contributed by atoms with van der Waals surface area (Å²) in [6, 6.07) is 0. The molecule has 0 unspecified atom stereocenters. The number of hydrogen-bond donors (Lipinski definition) is 0. The molecule has 0 bridgehead atoms. The molecule has 0 aromatic rings. The van der Waals surface area contributed by atoms with Crippen LogP contribution in [0.25, 0.3) is 0 Å². The van der Waals surface area contributed by atoms with Gasteiger partial charge in [0.2, 0.25) is 0 Å². The lowest BCUT2D eigenvalue weighted by Gasteiger charge is -2.58. The molecule has 8 atom stereocenters. The van der Waals surface area contributed by atoms with Gasteiger partial charge in [0, 0.05) is 19.3 Å². The molecule has 0 radical (unpaired) electrons. The van der Waals surface area contributed by atoms with Crippen molar-refractivity contribution in [3.05, 3.63) is 11.6 Å². The summed E-state index contributed by atoms with van der Waals surface area (Å²) in [7, 11) is 0. The van der Waals surface area contributed by atoms with E-state index in [9.17, 15) is 14.7 Å². The van der Waals surface area contributed by atoms with Crippen LogP contribution in [0, 0.1) is 40.4 Å². The van der Waals surface area contributed by atoms with Gasteiger partial charge < -0.3 is 14.6 Å². The van der Waals surface area contributed by atoms with Gasteiger partial charge in [-0.15, -0.1) is 0 Å². The van der Waals surface area contributed by atoms with Crippen molar-refractivity contribution in [3.8, 4) is 0 Å². The van der Waals surface area contributed by atoms with Crippen molar-refractivity contribution in [1.29, 1.82) is 0 Å². The number of carbonyl (C=O) groups is 2. The van der Waals surface area contributed by atoms with E-state index < -0.39 is 5.97 Å². The van der Waals surface area contributed by atoms with Crippen molar-refractivity contribution in [2.45, 2.75) is 98.0 Å². The molecule has 4 nitrogen and oxygen atoms in total. The van der Waals surface area contributed by atoms with Crippen LogP contribution < -0.4 is 5.11 Å². The Morgan fingerprint density at radius 2 is 1.93 bits per heavy atom. The standard InChI is InChI=1S/C26H40O4/c1-16(5-10-24(28)29)21-8-9-22-20-7-6-18-15-19(30-17(2)27)11-13-25(18,3)23(20)12-14-26(21,22)4/h6,16,19-23H,5,7-15H2,1-4H3,(H,28,29)/p-1/t16-,19-,20+,21-,22+,23+,25+,26-/m1/s1. The Bertz CT molecular complexity index is 727. The molecule has 0 aliphatic heterocycles. The van der Waals surface area contributed by atoms with E-state index in [0.717, 1.165) is 43.4 Å². The molecule has 4 aliphatic rings. The highest BCUT2D eigenvalue weighted by Crippen LogP contribution is 2.67. The number of carboxylic acids is 1. The molecule has 0 N–H and O–H groups in total. The molecule has 0 heterocycles. The van der Waals surface area contributed by atoms with Crippen molar-refractivity contribution in [1.82, 2.24) is 0 Å². The predicted octanol–water partition coefficient (Wildman–Crippen LogP) is 4.66. The Balaban J connectivity index is 1.51.